The van der Waals surface area contributed by atoms with E-state index in [2.05, 4.69) is 13.8 Å². The van der Waals surface area contributed by atoms with Gasteiger partial charge in [0.15, 0.2) is 0 Å². The molecule has 2 nitrogen and oxygen atoms in total. The summed E-state index contributed by atoms with van der Waals surface area (Å²) in [4.78, 5) is 11.4. The molecule has 0 aliphatic carbocycles. The van der Waals surface area contributed by atoms with Crippen LogP contribution in [0.3, 0.4) is 0 Å². The van der Waals surface area contributed by atoms with Gasteiger partial charge in [-0.3, -0.25) is 0 Å². The molecule has 13 heavy (non-hydrogen) atoms. The molecule has 76 valence electrons. The highest BCUT2D eigenvalue weighted by molar-refractivity contribution is 5.87. The molecule has 0 bridgehead atoms. The molecule has 0 aliphatic heterocycles. The Morgan fingerprint density at radius 1 is 1.46 bits per heavy atom. The van der Waals surface area contributed by atoms with Gasteiger partial charge in [-0.15, -0.1) is 0 Å². The normalized spacial score (nSPS) is 14.5. The van der Waals surface area contributed by atoms with Crippen molar-refractivity contribution >= 4 is 5.97 Å². The number of hydrogen-bond acceptors (Lipinski definition) is 2. The number of carbonyl (C=O) groups is 1. The molecule has 0 rings (SSSR count). The lowest BCUT2D eigenvalue weighted by molar-refractivity contribution is -0.146. The summed E-state index contributed by atoms with van der Waals surface area (Å²) >= 11 is 0. The van der Waals surface area contributed by atoms with Gasteiger partial charge in [0.05, 0.1) is 0 Å². The van der Waals surface area contributed by atoms with Crippen LogP contribution in [0.2, 0.25) is 0 Å². The highest BCUT2D eigenvalue weighted by Gasteiger charge is 2.16. The summed E-state index contributed by atoms with van der Waals surface area (Å²) in [6, 6.07) is 0. The van der Waals surface area contributed by atoms with Gasteiger partial charge in [-0.25, -0.2) is 4.79 Å². The minimum absolute atomic E-state index is 0.0439. The Kier molecular flexibility index (Phi) is 5.44. The number of carbonyl (C=O) groups excluding carboxylic acids is 1. The lowest BCUT2D eigenvalue weighted by atomic mass is 10.1. The second-order valence-corrected chi connectivity index (χ2v) is 3.57. The van der Waals surface area contributed by atoms with Crippen molar-refractivity contribution in [3.05, 3.63) is 11.6 Å². The quantitative estimate of drug-likeness (QED) is 0.496. The molecule has 1 atom stereocenters. The fourth-order valence-electron chi connectivity index (χ4n) is 1.04. The van der Waals surface area contributed by atoms with Crippen molar-refractivity contribution < 1.29 is 9.53 Å². The van der Waals surface area contributed by atoms with Gasteiger partial charge in [0.25, 0.3) is 0 Å². The van der Waals surface area contributed by atoms with Gasteiger partial charge in [0, 0.05) is 5.57 Å². The van der Waals surface area contributed by atoms with Gasteiger partial charge < -0.3 is 4.74 Å². The Bertz CT molecular complexity index is 192. The van der Waals surface area contributed by atoms with Crippen LogP contribution in [0.5, 0.6) is 0 Å². The molecular formula is C11H20O2. The predicted octanol–water partition coefficient (Wildman–Crippen LogP) is 2.93. The summed E-state index contributed by atoms with van der Waals surface area (Å²) in [5.41, 5.74) is 0.680. The molecular weight excluding hydrogens is 164 g/mol. The van der Waals surface area contributed by atoms with E-state index in [0.29, 0.717) is 11.5 Å². The molecule has 0 aromatic carbocycles. The molecule has 0 fully saturated rings. The van der Waals surface area contributed by atoms with Crippen molar-refractivity contribution in [3.63, 3.8) is 0 Å². The molecule has 0 aromatic heterocycles. The zero-order valence-corrected chi connectivity index (χ0v) is 9.26. The molecule has 0 radical (unpaired) electrons. The second kappa shape index (κ2) is 5.79. The topological polar surface area (TPSA) is 26.3 Å². The van der Waals surface area contributed by atoms with Crippen LogP contribution in [-0.4, -0.2) is 12.1 Å². The van der Waals surface area contributed by atoms with Gasteiger partial charge in [0.1, 0.15) is 6.10 Å². The van der Waals surface area contributed by atoms with Gasteiger partial charge in [-0.1, -0.05) is 26.8 Å². The van der Waals surface area contributed by atoms with Gasteiger partial charge in [0.2, 0.25) is 0 Å². The maximum absolute atomic E-state index is 11.4. The van der Waals surface area contributed by atoms with Crippen molar-refractivity contribution in [2.75, 3.05) is 0 Å². The van der Waals surface area contributed by atoms with E-state index in [1.807, 2.05) is 13.8 Å². The summed E-state index contributed by atoms with van der Waals surface area (Å²) in [7, 11) is 0. The van der Waals surface area contributed by atoms with Gasteiger partial charge in [-0.2, -0.15) is 0 Å². The molecule has 0 aromatic rings. The standard InChI is InChI=1S/C11H20O2/c1-6-9(5)11(12)13-10(7-2)8(3)4/h6,8,10H,7H2,1-5H3. The summed E-state index contributed by atoms with van der Waals surface area (Å²) in [5, 5.41) is 0. The summed E-state index contributed by atoms with van der Waals surface area (Å²) in [5.74, 6) is 0.196. The Hall–Kier alpha value is -0.790. The number of esters is 1. The Morgan fingerprint density at radius 2 is 2.00 bits per heavy atom. The maximum atomic E-state index is 11.4. The van der Waals surface area contributed by atoms with Crippen molar-refractivity contribution in [2.24, 2.45) is 5.92 Å². The molecule has 0 aliphatic rings. The van der Waals surface area contributed by atoms with Crippen LogP contribution in [0.1, 0.15) is 41.0 Å². The van der Waals surface area contributed by atoms with Crippen molar-refractivity contribution in [1.82, 2.24) is 0 Å². The van der Waals surface area contributed by atoms with Crippen molar-refractivity contribution in [1.29, 1.82) is 0 Å². The summed E-state index contributed by atoms with van der Waals surface area (Å²) in [6.07, 6.45) is 2.69. The van der Waals surface area contributed by atoms with Gasteiger partial charge in [-0.05, 0) is 26.2 Å². The van der Waals surface area contributed by atoms with Crippen LogP contribution in [0, 0.1) is 5.92 Å². The third-order valence-electron chi connectivity index (χ3n) is 2.16. The third kappa shape index (κ3) is 4.11. The smallest absolute Gasteiger partial charge is 0.333 e. The SMILES string of the molecule is CC=C(C)C(=O)OC(CC)C(C)C. The van der Waals surface area contributed by atoms with E-state index in [0.717, 1.165) is 6.42 Å². The van der Waals surface area contributed by atoms with Crippen LogP contribution in [-0.2, 0) is 9.53 Å². The first kappa shape index (κ1) is 12.2. The van der Waals surface area contributed by atoms with Crippen LogP contribution in [0.15, 0.2) is 11.6 Å². The number of rotatable bonds is 4. The molecule has 0 saturated carbocycles. The minimum atomic E-state index is -0.192. The Morgan fingerprint density at radius 3 is 2.31 bits per heavy atom. The lowest BCUT2D eigenvalue weighted by Gasteiger charge is -2.19. The summed E-state index contributed by atoms with van der Waals surface area (Å²) in [6.45, 7) is 9.77. The molecule has 0 saturated heterocycles. The van der Waals surface area contributed by atoms with E-state index >= 15 is 0 Å². The van der Waals surface area contributed by atoms with Crippen molar-refractivity contribution in [2.45, 2.75) is 47.1 Å². The zero-order valence-electron chi connectivity index (χ0n) is 9.26. The fourth-order valence-corrected chi connectivity index (χ4v) is 1.04. The first-order valence-electron chi connectivity index (χ1n) is 4.86. The van der Waals surface area contributed by atoms with E-state index in [1.54, 1.807) is 13.0 Å². The first-order valence-corrected chi connectivity index (χ1v) is 4.86. The minimum Gasteiger partial charge on any atom is -0.459 e. The van der Waals surface area contributed by atoms with Gasteiger partial charge >= 0.3 is 5.97 Å². The predicted molar refractivity (Wildman–Crippen MR) is 54.4 cm³/mol. The Labute approximate surface area is 81.0 Å². The maximum Gasteiger partial charge on any atom is 0.333 e. The highest BCUT2D eigenvalue weighted by atomic mass is 16.5. The molecule has 0 amide bonds. The molecule has 0 heterocycles. The highest BCUT2D eigenvalue weighted by Crippen LogP contribution is 2.12. The molecule has 0 N–H and O–H groups in total. The van der Waals surface area contributed by atoms with E-state index in [1.165, 1.54) is 0 Å². The number of ether oxygens (including phenoxy) is 1. The summed E-state index contributed by atoms with van der Waals surface area (Å²) < 4.78 is 5.31. The monoisotopic (exact) mass is 184 g/mol. The average Bonchev–Trinajstić information content (AvgIpc) is 2.11. The average molecular weight is 184 g/mol. The molecule has 2 heteroatoms. The first-order chi connectivity index (χ1) is 6.02. The van der Waals surface area contributed by atoms with E-state index in [-0.39, 0.29) is 12.1 Å². The van der Waals surface area contributed by atoms with E-state index < -0.39 is 0 Å². The third-order valence-corrected chi connectivity index (χ3v) is 2.16. The van der Waals surface area contributed by atoms with E-state index in [9.17, 15) is 4.79 Å². The number of hydrogen-bond donors (Lipinski definition) is 0. The zero-order chi connectivity index (χ0) is 10.4. The van der Waals surface area contributed by atoms with Crippen LogP contribution >= 0.6 is 0 Å². The molecule has 1 unspecified atom stereocenters. The van der Waals surface area contributed by atoms with Crippen molar-refractivity contribution in [3.8, 4) is 0 Å². The Balaban J connectivity index is 4.17. The van der Waals surface area contributed by atoms with Crippen LogP contribution in [0.4, 0.5) is 0 Å². The lowest BCUT2D eigenvalue weighted by Crippen LogP contribution is -2.23. The number of allylic oxidation sites excluding steroid dienone is 1. The van der Waals surface area contributed by atoms with E-state index in [4.69, 9.17) is 4.74 Å². The van der Waals surface area contributed by atoms with Crippen LogP contribution < -0.4 is 0 Å². The molecule has 0 spiro atoms. The largest absolute Gasteiger partial charge is 0.459 e. The van der Waals surface area contributed by atoms with Crippen LogP contribution in [0.25, 0.3) is 0 Å². The fraction of sp³-hybridized carbons (Fsp3) is 0.727. The second-order valence-electron chi connectivity index (χ2n) is 3.57.